The Hall–Kier alpha value is -1.41. The van der Waals surface area contributed by atoms with Gasteiger partial charge in [-0.05, 0) is 35.0 Å². The van der Waals surface area contributed by atoms with Gasteiger partial charge in [-0.3, -0.25) is 0 Å². The summed E-state index contributed by atoms with van der Waals surface area (Å²) in [5.74, 6) is -0.763. The summed E-state index contributed by atoms with van der Waals surface area (Å²) in [6.07, 6.45) is 0. The predicted molar refractivity (Wildman–Crippen MR) is 52.6 cm³/mol. The van der Waals surface area contributed by atoms with E-state index in [1.54, 1.807) is 24.3 Å². The molecule has 0 saturated carbocycles. The minimum absolute atomic E-state index is 0. The van der Waals surface area contributed by atoms with Crippen molar-refractivity contribution in [1.82, 2.24) is 0 Å². The summed E-state index contributed by atoms with van der Waals surface area (Å²) < 4.78 is 0. The molecule has 15 heavy (non-hydrogen) atoms. The number of phenols is 1. The van der Waals surface area contributed by atoms with E-state index >= 15 is 0 Å². The quantitative estimate of drug-likeness (QED) is 0.767. The largest absolute Gasteiger partial charge is 0.508 e. The summed E-state index contributed by atoms with van der Waals surface area (Å²) in [5, 5.41) is 19.6. The third-order valence-corrected chi connectivity index (χ3v) is 2.07. The van der Waals surface area contributed by atoms with Gasteiger partial charge in [0, 0.05) is 19.5 Å². The molecule has 2 aromatic rings. The normalized spacial score (nSPS) is 9.60. The van der Waals surface area contributed by atoms with Crippen LogP contribution in [0.5, 0.6) is 5.75 Å². The molecule has 0 bridgehead atoms. The van der Waals surface area contributed by atoms with Gasteiger partial charge in [0.25, 0.3) is 0 Å². The number of benzene rings is 2. The fourth-order valence-electron chi connectivity index (χ4n) is 1.37. The third kappa shape index (κ3) is 2.34. The number of hydrogen-bond donors (Lipinski definition) is 2. The number of carbonyl (C=O) groups is 1. The summed E-state index contributed by atoms with van der Waals surface area (Å²) in [5.41, 5.74) is 0.253. The van der Waals surface area contributed by atoms with E-state index in [9.17, 15) is 9.90 Å². The van der Waals surface area contributed by atoms with Gasteiger partial charge in [0.15, 0.2) is 0 Å². The standard InChI is InChI=1S/C11H8O3.Zn/c12-10-4-3-7-5-9(11(13)14)2-1-8(7)6-10;/h1-6,12H,(H,13,14);. The molecule has 72 valence electrons. The number of aromatic carboxylic acids is 1. The van der Waals surface area contributed by atoms with E-state index in [0.29, 0.717) is 0 Å². The van der Waals surface area contributed by atoms with Gasteiger partial charge in [0.2, 0.25) is 0 Å². The maximum absolute atomic E-state index is 10.7. The van der Waals surface area contributed by atoms with Crippen LogP contribution in [0.4, 0.5) is 0 Å². The molecule has 0 aliphatic rings. The number of aromatic hydroxyl groups is 1. The summed E-state index contributed by atoms with van der Waals surface area (Å²) >= 11 is 0. The van der Waals surface area contributed by atoms with Crippen molar-refractivity contribution >= 4 is 16.7 Å². The average Bonchev–Trinajstić information content (AvgIpc) is 2.16. The van der Waals surface area contributed by atoms with Crippen LogP contribution < -0.4 is 0 Å². The molecule has 4 heteroatoms. The van der Waals surface area contributed by atoms with E-state index in [-0.39, 0.29) is 30.8 Å². The molecule has 0 aromatic heterocycles. The fourth-order valence-corrected chi connectivity index (χ4v) is 1.37. The van der Waals surface area contributed by atoms with Crippen LogP contribution in [0.3, 0.4) is 0 Å². The molecule has 0 aliphatic heterocycles. The van der Waals surface area contributed by atoms with Crippen LogP contribution in [0.1, 0.15) is 10.4 Å². The van der Waals surface area contributed by atoms with Crippen LogP contribution >= 0.6 is 0 Å². The van der Waals surface area contributed by atoms with Crippen LogP contribution in [-0.4, -0.2) is 16.2 Å². The number of carboxylic acid groups (broad SMARTS) is 1. The molecule has 0 spiro atoms. The zero-order valence-corrected chi connectivity index (χ0v) is 10.9. The van der Waals surface area contributed by atoms with Gasteiger partial charge in [0.05, 0.1) is 5.56 Å². The molecule has 0 unspecified atom stereocenters. The van der Waals surface area contributed by atoms with Crippen molar-refractivity contribution < 1.29 is 34.5 Å². The molecule has 2 rings (SSSR count). The van der Waals surface area contributed by atoms with Crippen LogP contribution in [0.2, 0.25) is 0 Å². The van der Waals surface area contributed by atoms with E-state index < -0.39 is 5.97 Å². The molecule has 0 heterocycles. The van der Waals surface area contributed by atoms with E-state index in [1.807, 2.05) is 0 Å². The Morgan fingerprint density at radius 3 is 2.27 bits per heavy atom. The second kappa shape index (κ2) is 4.41. The van der Waals surface area contributed by atoms with Crippen LogP contribution in [0.25, 0.3) is 10.8 Å². The number of phenolic OH excluding ortho intramolecular Hbond substituents is 1. The van der Waals surface area contributed by atoms with Crippen molar-refractivity contribution in [3.05, 3.63) is 42.0 Å². The van der Waals surface area contributed by atoms with Crippen LogP contribution in [0.15, 0.2) is 36.4 Å². The smallest absolute Gasteiger partial charge is 0.335 e. The Balaban J connectivity index is 0.00000112. The Morgan fingerprint density at radius 1 is 1.00 bits per heavy atom. The van der Waals surface area contributed by atoms with Gasteiger partial charge < -0.3 is 10.2 Å². The van der Waals surface area contributed by atoms with Crippen molar-refractivity contribution in [3.63, 3.8) is 0 Å². The first kappa shape index (κ1) is 11.7. The average molecular weight is 254 g/mol. The molecule has 3 nitrogen and oxygen atoms in total. The van der Waals surface area contributed by atoms with Crippen molar-refractivity contribution in [1.29, 1.82) is 0 Å². The molecule has 0 amide bonds. The third-order valence-electron chi connectivity index (χ3n) is 2.07. The Bertz CT molecular complexity index is 508. The maximum Gasteiger partial charge on any atom is 0.335 e. The van der Waals surface area contributed by atoms with Crippen LogP contribution in [0, 0.1) is 0 Å². The molecule has 2 aromatic carbocycles. The number of carboxylic acids is 1. The zero-order chi connectivity index (χ0) is 10.1. The first-order valence-electron chi connectivity index (χ1n) is 4.13. The topological polar surface area (TPSA) is 57.5 Å². The SMILES string of the molecule is O=C(O)c1ccc2cc(O)ccc2c1.[Zn]. The van der Waals surface area contributed by atoms with E-state index in [1.165, 1.54) is 12.1 Å². The maximum atomic E-state index is 10.7. The summed E-state index contributed by atoms with van der Waals surface area (Å²) in [7, 11) is 0. The number of fused-ring (bicyclic) bond motifs is 1. The van der Waals surface area contributed by atoms with Gasteiger partial charge in [-0.1, -0.05) is 12.1 Å². The molecule has 0 aliphatic carbocycles. The second-order valence-corrected chi connectivity index (χ2v) is 3.05. The predicted octanol–water partition coefficient (Wildman–Crippen LogP) is 2.24. The molecule has 0 saturated heterocycles. The molecular weight excluding hydrogens is 246 g/mol. The Labute approximate surface area is 99.1 Å². The number of hydrogen-bond acceptors (Lipinski definition) is 2. The summed E-state index contributed by atoms with van der Waals surface area (Å²) in [6.45, 7) is 0. The first-order valence-corrected chi connectivity index (χ1v) is 4.13. The summed E-state index contributed by atoms with van der Waals surface area (Å²) in [6, 6.07) is 9.60. The Morgan fingerprint density at radius 2 is 1.60 bits per heavy atom. The van der Waals surface area contributed by atoms with Gasteiger partial charge in [-0.25, -0.2) is 4.79 Å². The van der Waals surface area contributed by atoms with Crippen molar-refractivity contribution in [3.8, 4) is 5.75 Å². The number of rotatable bonds is 1. The zero-order valence-electron chi connectivity index (χ0n) is 7.97. The molecule has 0 atom stereocenters. The Kier molecular flexibility index (Phi) is 3.43. The second-order valence-electron chi connectivity index (χ2n) is 3.05. The van der Waals surface area contributed by atoms with E-state index in [0.717, 1.165) is 10.8 Å². The first-order chi connectivity index (χ1) is 6.66. The van der Waals surface area contributed by atoms with Gasteiger partial charge in [0.1, 0.15) is 5.75 Å². The molecule has 2 N–H and O–H groups in total. The van der Waals surface area contributed by atoms with E-state index in [2.05, 4.69) is 0 Å². The van der Waals surface area contributed by atoms with Gasteiger partial charge in [-0.15, -0.1) is 0 Å². The van der Waals surface area contributed by atoms with E-state index in [4.69, 9.17) is 5.11 Å². The summed E-state index contributed by atoms with van der Waals surface area (Å²) in [4.78, 5) is 10.7. The molecular formula is C11H8O3Zn. The van der Waals surface area contributed by atoms with Crippen LogP contribution in [-0.2, 0) is 19.5 Å². The monoisotopic (exact) mass is 252 g/mol. The fraction of sp³-hybridized carbons (Fsp3) is 0. The minimum atomic E-state index is -0.944. The van der Waals surface area contributed by atoms with Gasteiger partial charge >= 0.3 is 5.97 Å². The minimum Gasteiger partial charge on any atom is -0.508 e. The van der Waals surface area contributed by atoms with Crippen molar-refractivity contribution in [2.75, 3.05) is 0 Å². The van der Waals surface area contributed by atoms with Crippen molar-refractivity contribution in [2.45, 2.75) is 0 Å². The molecule has 0 radical (unpaired) electrons. The molecule has 0 fully saturated rings. The van der Waals surface area contributed by atoms with Gasteiger partial charge in [-0.2, -0.15) is 0 Å². The van der Waals surface area contributed by atoms with Crippen molar-refractivity contribution in [2.24, 2.45) is 0 Å².